The Bertz CT molecular complexity index is 1070. The van der Waals surface area contributed by atoms with Gasteiger partial charge in [-0.1, -0.05) is 16.8 Å². The Balaban J connectivity index is 1.43. The van der Waals surface area contributed by atoms with Crippen molar-refractivity contribution >= 4 is 29.0 Å². The van der Waals surface area contributed by atoms with Crippen molar-refractivity contribution in [1.29, 1.82) is 0 Å². The minimum Gasteiger partial charge on any atom is -0.368 e. The van der Waals surface area contributed by atoms with Crippen LogP contribution in [0.15, 0.2) is 48.5 Å². The summed E-state index contributed by atoms with van der Waals surface area (Å²) in [4.78, 5) is 28.5. The molecule has 0 unspecified atom stereocenters. The van der Waals surface area contributed by atoms with Crippen molar-refractivity contribution < 1.29 is 9.59 Å². The van der Waals surface area contributed by atoms with E-state index < -0.39 is 0 Å². The third-order valence-electron chi connectivity index (χ3n) is 5.37. The summed E-state index contributed by atoms with van der Waals surface area (Å²) in [6.45, 7) is 6.03. The van der Waals surface area contributed by atoms with Crippen LogP contribution in [0.1, 0.15) is 33.5 Å². The molecular formula is C22H22ClN5O2. The van der Waals surface area contributed by atoms with Gasteiger partial charge in [0.05, 0.1) is 11.4 Å². The first-order valence-electron chi connectivity index (χ1n) is 9.77. The Hall–Kier alpha value is -3.19. The van der Waals surface area contributed by atoms with Crippen LogP contribution in [0.4, 0.5) is 5.69 Å². The summed E-state index contributed by atoms with van der Waals surface area (Å²) in [5.41, 5.74) is 3.62. The maximum Gasteiger partial charge on any atom is 0.276 e. The lowest BCUT2D eigenvalue weighted by atomic mass is 10.1. The van der Waals surface area contributed by atoms with E-state index in [2.05, 4.69) is 15.2 Å². The highest BCUT2D eigenvalue weighted by Crippen LogP contribution is 2.20. The number of piperazine rings is 1. The van der Waals surface area contributed by atoms with Crippen molar-refractivity contribution in [3.63, 3.8) is 0 Å². The smallest absolute Gasteiger partial charge is 0.276 e. The van der Waals surface area contributed by atoms with Gasteiger partial charge in [0.25, 0.3) is 5.91 Å². The SMILES string of the molecule is CC(=O)c1ccc(N2CCN(C(=O)c3nnn(-c4ccc(Cl)cc4)c3C)CC2)cc1. The second-order valence-electron chi connectivity index (χ2n) is 7.29. The van der Waals surface area contributed by atoms with E-state index in [1.54, 1.807) is 23.7 Å². The van der Waals surface area contributed by atoms with Gasteiger partial charge in [0.2, 0.25) is 0 Å². The molecule has 1 saturated heterocycles. The van der Waals surface area contributed by atoms with Crippen molar-refractivity contribution in [1.82, 2.24) is 19.9 Å². The Labute approximate surface area is 179 Å². The van der Waals surface area contributed by atoms with Crippen LogP contribution >= 0.6 is 11.6 Å². The number of benzene rings is 2. The van der Waals surface area contributed by atoms with Crippen LogP contribution in [0.5, 0.6) is 0 Å². The average molecular weight is 424 g/mol. The van der Waals surface area contributed by atoms with E-state index in [0.29, 0.717) is 35.1 Å². The third-order valence-corrected chi connectivity index (χ3v) is 5.63. The van der Waals surface area contributed by atoms with Crippen molar-refractivity contribution in [2.45, 2.75) is 13.8 Å². The van der Waals surface area contributed by atoms with E-state index in [0.717, 1.165) is 24.5 Å². The molecule has 0 N–H and O–H groups in total. The minimum absolute atomic E-state index is 0.0546. The zero-order valence-electron chi connectivity index (χ0n) is 16.9. The van der Waals surface area contributed by atoms with Gasteiger partial charge in [-0.15, -0.1) is 5.10 Å². The summed E-state index contributed by atoms with van der Waals surface area (Å²) in [5.74, 6) is -0.0572. The summed E-state index contributed by atoms with van der Waals surface area (Å²) in [6.07, 6.45) is 0. The van der Waals surface area contributed by atoms with Gasteiger partial charge in [0.15, 0.2) is 11.5 Å². The van der Waals surface area contributed by atoms with Crippen LogP contribution in [-0.4, -0.2) is 57.8 Å². The lowest BCUT2D eigenvalue weighted by molar-refractivity contribution is 0.0739. The average Bonchev–Trinajstić information content (AvgIpc) is 3.15. The Morgan fingerprint density at radius 3 is 2.10 bits per heavy atom. The first-order valence-corrected chi connectivity index (χ1v) is 10.2. The molecule has 1 amide bonds. The van der Waals surface area contributed by atoms with Crippen LogP contribution in [-0.2, 0) is 0 Å². The maximum atomic E-state index is 13.0. The normalized spacial score (nSPS) is 14.1. The Kier molecular flexibility index (Phi) is 5.55. The molecule has 154 valence electrons. The number of aromatic nitrogens is 3. The molecule has 2 heterocycles. The van der Waals surface area contributed by atoms with E-state index in [4.69, 9.17) is 11.6 Å². The van der Waals surface area contributed by atoms with Crippen LogP contribution in [0, 0.1) is 6.92 Å². The summed E-state index contributed by atoms with van der Waals surface area (Å²) in [6, 6.07) is 14.8. The van der Waals surface area contributed by atoms with Gasteiger partial charge in [-0.05, 0) is 62.4 Å². The molecule has 1 aliphatic rings. The van der Waals surface area contributed by atoms with Gasteiger partial charge in [-0.25, -0.2) is 4.68 Å². The standard InChI is InChI=1S/C22H22ClN5O2/c1-15-21(24-25-28(15)20-9-5-18(23)6-10-20)22(30)27-13-11-26(12-14-27)19-7-3-17(4-8-19)16(2)29/h3-10H,11-14H2,1-2H3. The minimum atomic E-state index is -0.112. The highest BCUT2D eigenvalue weighted by atomic mass is 35.5. The van der Waals surface area contributed by atoms with E-state index in [1.807, 2.05) is 48.2 Å². The number of amides is 1. The van der Waals surface area contributed by atoms with Gasteiger partial charge >= 0.3 is 0 Å². The molecule has 30 heavy (non-hydrogen) atoms. The van der Waals surface area contributed by atoms with Gasteiger partial charge in [0.1, 0.15) is 0 Å². The summed E-state index contributed by atoms with van der Waals surface area (Å²) in [5, 5.41) is 8.93. The molecule has 1 fully saturated rings. The lowest BCUT2D eigenvalue weighted by Gasteiger charge is -2.35. The van der Waals surface area contributed by atoms with Crippen molar-refractivity contribution in [3.05, 3.63) is 70.5 Å². The predicted molar refractivity (Wildman–Crippen MR) is 116 cm³/mol. The monoisotopic (exact) mass is 423 g/mol. The molecule has 0 spiro atoms. The molecule has 0 atom stereocenters. The largest absolute Gasteiger partial charge is 0.368 e. The highest BCUT2D eigenvalue weighted by molar-refractivity contribution is 6.30. The van der Waals surface area contributed by atoms with Crippen molar-refractivity contribution in [2.75, 3.05) is 31.1 Å². The Morgan fingerprint density at radius 1 is 0.900 bits per heavy atom. The number of Topliss-reactive ketones (excluding diaryl/α,β-unsaturated/α-hetero) is 1. The van der Waals surface area contributed by atoms with Crippen LogP contribution < -0.4 is 4.90 Å². The fourth-order valence-electron chi connectivity index (χ4n) is 3.58. The molecule has 7 nitrogen and oxygen atoms in total. The van der Waals surface area contributed by atoms with Gasteiger partial charge < -0.3 is 9.80 Å². The number of halogens is 1. The molecule has 2 aromatic carbocycles. The fourth-order valence-corrected chi connectivity index (χ4v) is 3.70. The molecule has 8 heteroatoms. The number of hydrogen-bond acceptors (Lipinski definition) is 5. The van der Waals surface area contributed by atoms with Crippen LogP contribution in [0.25, 0.3) is 5.69 Å². The second-order valence-corrected chi connectivity index (χ2v) is 7.73. The molecule has 0 saturated carbocycles. The zero-order chi connectivity index (χ0) is 21.3. The number of carbonyl (C=O) groups excluding carboxylic acids is 2. The van der Waals surface area contributed by atoms with Crippen LogP contribution in [0.2, 0.25) is 5.02 Å². The second kappa shape index (κ2) is 8.28. The van der Waals surface area contributed by atoms with E-state index >= 15 is 0 Å². The van der Waals surface area contributed by atoms with Crippen molar-refractivity contribution in [3.8, 4) is 5.69 Å². The Morgan fingerprint density at radius 2 is 1.50 bits per heavy atom. The van der Waals surface area contributed by atoms with E-state index in [-0.39, 0.29) is 11.7 Å². The number of carbonyl (C=O) groups is 2. The number of nitrogens with zero attached hydrogens (tertiary/aromatic N) is 5. The zero-order valence-corrected chi connectivity index (χ0v) is 17.6. The molecule has 0 radical (unpaired) electrons. The van der Waals surface area contributed by atoms with Crippen LogP contribution in [0.3, 0.4) is 0 Å². The molecular weight excluding hydrogens is 402 g/mol. The van der Waals surface area contributed by atoms with E-state index in [9.17, 15) is 9.59 Å². The first-order chi connectivity index (χ1) is 14.4. The van der Waals surface area contributed by atoms with Crippen molar-refractivity contribution in [2.24, 2.45) is 0 Å². The summed E-state index contributed by atoms with van der Waals surface area (Å²) in [7, 11) is 0. The summed E-state index contributed by atoms with van der Waals surface area (Å²) < 4.78 is 1.65. The molecule has 1 aliphatic heterocycles. The molecule has 0 aliphatic carbocycles. The lowest BCUT2D eigenvalue weighted by Crippen LogP contribution is -2.49. The predicted octanol–water partition coefficient (Wildman–Crippen LogP) is 3.39. The maximum absolute atomic E-state index is 13.0. The number of hydrogen-bond donors (Lipinski definition) is 0. The number of rotatable bonds is 4. The number of anilines is 1. The molecule has 0 bridgehead atoms. The number of ketones is 1. The van der Waals surface area contributed by atoms with E-state index in [1.165, 1.54) is 0 Å². The summed E-state index contributed by atoms with van der Waals surface area (Å²) >= 11 is 5.95. The highest BCUT2D eigenvalue weighted by Gasteiger charge is 2.26. The fraction of sp³-hybridized carbons (Fsp3) is 0.273. The van der Waals surface area contributed by atoms with Gasteiger partial charge in [-0.2, -0.15) is 0 Å². The van der Waals surface area contributed by atoms with Gasteiger partial charge in [0, 0.05) is 42.5 Å². The molecule has 1 aromatic heterocycles. The first kappa shape index (κ1) is 20.1. The molecule has 4 rings (SSSR count). The quantitative estimate of drug-likeness (QED) is 0.601. The third kappa shape index (κ3) is 3.93. The molecule has 3 aromatic rings. The topological polar surface area (TPSA) is 71.3 Å². The van der Waals surface area contributed by atoms with Gasteiger partial charge in [-0.3, -0.25) is 9.59 Å².